The number of amides is 1. The van der Waals surface area contributed by atoms with E-state index in [1.54, 1.807) is 51.7 Å². The molecule has 0 aliphatic heterocycles. The Labute approximate surface area is 212 Å². The maximum atomic E-state index is 12.6. The van der Waals surface area contributed by atoms with Gasteiger partial charge in [0.2, 0.25) is 0 Å². The van der Waals surface area contributed by atoms with E-state index in [0.717, 1.165) is 11.1 Å². The van der Waals surface area contributed by atoms with Crippen LogP contribution in [0.3, 0.4) is 0 Å². The van der Waals surface area contributed by atoms with Gasteiger partial charge in [0.05, 0.1) is 27.0 Å². The van der Waals surface area contributed by atoms with E-state index in [1.165, 1.54) is 11.0 Å². The molecule has 4 aromatic rings. The second-order valence-corrected chi connectivity index (χ2v) is 8.01. The minimum atomic E-state index is -0.603. The van der Waals surface area contributed by atoms with Gasteiger partial charge in [-0.1, -0.05) is 17.7 Å². The van der Waals surface area contributed by atoms with Crippen molar-refractivity contribution in [3.8, 4) is 39.8 Å². The highest BCUT2D eigenvalue weighted by Crippen LogP contribution is 2.36. The summed E-state index contributed by atoms with van der Waals surface area (Å²) in [4.78, 5) is 12.6. The highest BCUT2D eigenvalue weighted by Gasteiger charge is 2.14. The zero-order chi connectivity index (χ0) is 25.5. The summed E-state index contributed by atoms with van der Waals surface area (Å²) in [6.07, 6.45) is 1.42. The van der Waals surface area contributed by atoms with Gasteiger partial charge in [-0.25, -0.2) is 9.48 Å². The Kier molecular flexibility index (Phi) is 7.86. The summed E-state index contributed by atoms with van der Waals surface area (Å²) in [7, 11) is 4.73. The number of methoxy groups -OCH3 is 3. The first-order valence-electron chi connectivity index (χ1n) is 10.9. The molecule has 0 saturated carbocycles. The Morgan fingerprint density at radius 3 is 2.44 bits per heavy atom. The van der Waals surface area contributed by atoms with E-state index in [-0.39, 0.29) is 0 Å². The van der Waals surface area contributed by atoms with E-state index in [9.17, 15) is 4.79 Å². The monoisotopic (exact) mass is 509 g/mol. The predicted molar refractivity (Wildman–Crippen MR) is 133 cm³/mol. The van der Waals surface area contributed by atoms with Crippen LogP contribution in [0.4, 0.5) is 4.79 Å². The number of ether oxygens (including phenoxy) is 4. The third-order valence-corrected chi connectivity index (χ3v) is 5.55. The summed E-state index contributed by atoms with van der Waals surface area (Å²) in [6, 6.07) is 16.1. The molecule has 186 valence electrons. The number of hydrogen-bond acceptors (Lipinski definition) is 8. The predicted octanol–water partition coefficient (Wildman–Crippen LogP) is 4.34. The third kappa shape index (κ3) is 5.84. The average molecular weight is 510 g/mol. The molecular formula is C25H24ClN5O5. The Morgan fingerprint density at radius 2 is 1.72 bits per heavy atom. The van der Waals surface area contributed by atoms with Gasteiger partial charge in [0.15, 0.2) is 11.5 Å². The summed E-state index contributed by atoms with van der Waals surface area (Å²) < 4.78 is 23.1. The molecule has 4 rings (SSSR count). The second kappa shape index (κ2) is 11.4. The van der Waals surface area contributed by atoms with E-state index >= 15 is 0 Å². The zero-order valence-electron chi connectivity index (χ0n) is 19.9. The number of halogens is 1. The molecule has 0 aliphatic carbocycles. The summed E-state index contributed by atoms with van der Waals surface area (Å²) in [5.74, 6) is 2.17. The van der Waals surface area contributed by atoms with Crippen LogP contribution in [0.25, 0.3) is 16.8 Å². The fraction of sp³-hybridized carbons (Fsp3) is 0.200. The van der Waals surface area contributed by atoms with Crippen LogP contribution in [0.2, 0.25) is 5.02 Å². The molecule has 1 aromatic heterocycles. The SMILES string of the molecule is COc1ccc(CCNC(=O)Oc2cc(-c3cc(Cl)ccc3OC)cc(-n3cnnn3)c2)cc1OC. The summed E-state index contributed by atoms with van der Waals surface area (Å²) in [5, 5.41) is 14.6. The normalized spacial score (nSPS) is 10.6. The zero-order valence-corrected chi connectivity index (χ0v) is 20.7. The number of carbonyl (C=O) groups is 1. The van der Waals surface area contributed by atoms with Crippen LogP contribution in [0.5, 0.6) is 23.0 Å². The maximum Gasteiger partial charge on any atom is 0.412 e. The van der Waals surface area contributed by atoms with E-state index in [2.05, 4.69) is 20.8 Å². The Bertz CT molecular complexity index is 1350. The smallest absolute Gasteiger partial charge is 0.412 e. The lowest BCUT2D eigenvalue weighted by molar-refractivity contribution is 0.200. The molecule has 0 fully saturated rings. The molecule has 0 aliphatic rings. The first-order valence-corrected chi connectivity index (χ1v) is 11.3. The van der Waals surface area contributed by atoms with Crippen LogP contribution in [0.1, 0.15) is 5.56 Å². The fourth-order valence-electron chi connectivity index (χ4n) is 3.60. The average Bonchev–Trinajstić information content (AvgIpc) is 3.43. The minimum absolute atomic E-state index is 0.295. The highest BCUT2D eigenvalue weighted by molar-refractivity contribution is 6.31. The van der Waals surface area contributed by atoms with Gasteiger partial charge in [0, 0.05) is 23.2 Å². The lowest BCUT2D eigenvalue weighted by Gasteiger charge is -2.13. The molecule has 0 spiro atoms. The van der Waals surface area contributed by atoms with Crippen molar-refractivity contribution in [3.63, 3.8) is 0 Å². The molecule has 36 heavy (non-hydrogen) atoms. The van der Waals surface area contributed by atoms with E-state index in [4.69, 9.17) is 30.5 Å². The number of hydrogen-bond donors (Lipinski definition) is 1. The van der Waals surface area contributed by atoms with Gasteiger partial charge in [-0.3, -0.25) is 0 Å². The lowest BCUT2D eigenvalue weighted by atomic mass is 10.0. The van der Waals surface area contributed by atoms with Crippen LogP contribution in [-0.2, 0) is 6.42 Å². The lowest BCUT2D eigenvalue weighted by Crippen LogP contribution is -2.28. The molecule has 1 amide bonds. The number of rotatable bonds is 9. The van der Waals surface area contributed by atoms with Crippen molar-refractivity contribution in [1.29, 1.82) is 0 Å². The second-order valence-electron chi connectivity index (χ2n) is 7.57. The Morgan fingerprint density at radius 1 is 0.944 bits per heavy atom. The summed E-state index contributed by atoms with van der Waals surface area (Å²) in [5.41, 5.74) is 2.99. The molecule has 1 N–H and O–H groups in total. The first kappa shape index (κ1) is 24.8. The Balaban J connectivity index is 1.51. The molecule has 0 bridgehead atoms. The van der Waals surface area contributed by atoms with Crippen LogP contribution in [0, 0.1) is 0 Å². The molecule has 0 unspecified atom stereocenters. The third-order valence-electron chi connectivity index (χ3n) is 5.32. The van der Waals surface area contributed by atoms with Crippen molar-refractivity contribution < 1.29 is 23.7 Å². The highest BCUT2D eigenvalue weighted by atomic mass is 35.5. The summed E-state index contributed by atoms with van der Waals surface area (Å²) in [6.45, 7) is 0.357. The topological polar surface area (TPSA) is 110 Å². The molecule has 0 radical (unpaired) electrons. The molecule has 10 nitrogen and oxygen atoms in total. The van der Waals surface area contributed by atoms with Crippen molar-refractivity contribution >= 4 is 17.7 Å². The van der Waals surface area contributed by atoms with Crippen molar-refractivity contribution in [2.75, 3.05) is 27.9 Å². The van der Waals surface area contributed by atoms with Gasteiger partial charge in [0.25, 0.3) is 0 Å². The molecule has 1 heterocycles. The largest absolute Gasteiger partial charge is 0.496 e. The summed E-state index contributed by atoms with van der Waals surface area (Å²) >= 11 is 6.23. The molecule has 3 aromatic carbocycles. The number of tetrazole rings is 1. The molecule has 0 atom stereocenters. The van der Waals surface area contributed by atoms with Crippen LogP contribution >= 0.6 is 11.6 Å². The van der Waals surface area contributed by atoms with Crippen molar-refractivity contribution in [2.24, 2.45) is 0 Å². The van der Waals surface area contributed by atoms with Gasteiger partial charge < -0.3 is 24.3 Å². The number of aromatic nitrogens is 4. The van der Waals surface area contributed by atoms with Crippen LogP contribution in [-0.4, -0.2) is 54.2 Å². The Hall–Kier alpha value is -4.31. The number of nitrogens with one attached hydrogen (secondary N) is 1. The van der Waals surface area contributed by atoms with Crippen LogP contribution in [0.15, 0.2) is 60.9 Å². The van der Waals surface area contributed by atoms with Gasteiger partial charge in [0.1, 0.15) is 17.8 Å². The van der Waals surface area contributed by atoms with E-state index in [1.807, 2.05) is 24.3 Å². The van der Waals surface area contributed by atoms with Gasteiger partial charge >= 0.3 is 6.09 Å². The van der Waals surface area contributed by atoms with E-state index < -0.39 is 6.09 Å². The number of carbonyl (C=O) groups excluding carboxylic acids is 1. The first-order chi connectivity index (χ1) is 17.5. The van der Waals surface area contributed by atoms with Crippen molar-refractivity contribution in [1.82, 2.24) is 25.5 Å². The van der Waals surface area contributed by atoms with Gasteiger partial charge in [-0.05, 0) is 70.4 Å². The number of benzene rings is 3. The van der Waals surface area contributed by atoms with E-state index in [0.29, 0.717) is 52.2 Å². The van der Waals surface area contributed by atoms with Gasteiger partial charge in [-0.2, -0.15) is 0 Å². The van der Waals surface area contributed by atoms with Crippen LogP contribution < -0.4 is 24.3 Å². The minimum Gasteiger partial charge on any atom is -0.496 e. The van der Waals surface area contributed by atoms with Gasteiger partial charge in [-0.15, -0.1) is 5.10 Å². The molecule has 0 saturated heterocycles. The quantitative estimate of drug-likeness (QED) is 0.355. The molecule has 11 heteroatoms. The fourth-order valence-corrected chi connectivity index (χ4v) is 3.78. The standard InChI is InChI=1S/C25H24ClN5O5/c1-33-22-7-5-18(26)13-21(22)17-11-19(31-15-28-29-30-31)14-20(12-17)36-25(32)27-9-8-16-4-6-23(34-2)24(10-16)35-3/h4-7,10-15H,8-9H2,1-3H3,(H,27,32). The molecular weight excluding hydrogens is 486 g/mol. The van der Waals surface area contributed by atoms with Crippen molar-refractivity contribution in [3.05, 3.63) is 71.5 Å². The number of nitrogens with zero attached hydrogens (tertiary/aromatic N) is 4. The maximum absolute atomic E-state index is 12.6. The van der Waals surface area contributed by atoms with Crippen molar-refractivity contribution in [2.45, 2.75) is 6.42 Å².